The van der Waals surface area contributed by atoms with E-state index < -0.39 is 0 Å². The maximum Gasteiger partial charge on any atom is 0.185 e. The molecule has 1 aromatic carbocycles. The van der Waals surface area contributed by atoms with Gasteiger partial charge in [-0.05, 0) is 37.8 Å². The molecule has 1 aliphatic heterocycles. The van der Waals surface area contributed by atoms with E-state index in [-0.39, 0.29) is 0 Å². The molecule has 2 aromatic rings. The second kappa shape index (κ2) is 7.05. The summed E-state index contributed by atoms with van der Waals surface area (Å²) in [7, 11) is 1.98. The molecule has 1 saturated heterocycles. The summed E-state index contributed by atoms with van der Waals surface area (Å²) in [4.78, 5) is 8.34. The van der Waals surface area contributed by atoms with E-state index in [1.807, 2.05) is 24.6 Å². The number of nitrogens with zero attached hydrogens (tertiary/aromatic N) is 2. The van der Waals surface area contributed by atoms with Gasteiger partial charge in [0, 0.05) is 30.7 Å². The van der Waals surface area contributed by atoms with Crippen LogP contribution in [0.5, 0.6) is 0 Å². The summed E-state index contributed by atoms with van der Waals surface area (Å²) in [5, 5.41) is 4.38. The fourth-order valence-corrected chi connectivity index (χ4v) is 3.95. The summed E-state index contributed by atoms with van der Waals surface area (Å²) in [5.41, 5.74) is 1.47. The van der Waals surface area contributed by atoms with E-state index in [2.05, 4.69) is 45.5 Å². The van der Waals surface area contributed by atoms with E-state index in [0.717, 1.165) is 25.6 Å². The van der Waals surface area contributed by atoms with Gasteiger partial charge in [-0.25, -0.2) is 4.98 Å². The third-order valence-corrected chi connectivity index (χ3v) is 5.20. The van der Waals surface area contributed by atoms with Crippen molar-refractivity contribution in [1.29, 1.82) is 0 Å². The highest BCUT2D eigenvalue weighted by atomic mass is 32.1. The van der Waals surface area contributed by atoms with E-state index in [1.54, 1.807) is 0 Å². The van der Waals surface area contributed by atoms with Gasteiger partial charge in [0.15, 0.2) is 5.13 Å². The number of thiazole rings is 1. The Labute approximate surface area is 131 Å². The highest BCUT2D eigenvalue weighted by Crippen LogP contribution is 2.28. The Morgan fingerprint density at radius 3 is 2.71 bits per heavy atom. The molecule has 0 amide bonds. The summed E-state index contributed by atoms with van der Waals surface area (Å²) in [6.07, 6.45) is 5.77. The van der Waals surface area contributed by atoms with Crippen molar-refractivity contribution in [2.75, 3.05) is 25.0 Å². The molecule has 21 heavy (non-hydrogen) atoms. The first kappa shape index (κ1) is 14.5. The third kappa shape index (κ3) is 3.83. The van der Waals surface area contributed by atoms with Crippen LogP contribution in [-0.2, 0) is 13.0 Å². The predicted octanol–water partition coefficient (Wildman–Crippen LogP) is 3.32. The molecule has 3 nitrogen and oxygen atoms in total. The van der Waals surface area contributed by atoms with Crippen molar-refractivity contribution < 1.29 is 0 Å². The smallest absolute Gasteiger partial charge is 0.185 e. The molecule has 112 valence electrons. The maximum atomic E-state index is 4.57. The molecule has 0 spiro atoms. The fourth-order valence-electron chi connectivity index (χ4n) is 2.98. The molecule has 1 aromatic heterocycles. The van der Waals surface area contributed by atoms with Crippen molar-refractivity contribution in [3.05, 3.63) is 47.0 Å². The number of hydrogen-bond acceptors (Lipinski definition) is 4. The summed E-state index contributed by atoms with van der Waals surface area (Å²) >= 11 is 1.82. The van der Waals surface area contributed by atoms with Gasteiger partial charge in [-0.3, -0.25) is 0 Å². The standard InChI is InChI=1S/C17H23N3S/c1-18-12-16-13-19-17(21-16)20-9-7-15(8-10-20)11-14-5-3-2-4-6-14/h2-6,13,15,18H,7-12H2,1H3. The van der Waals surface area contributed by atoms with Crippen molar-refractivity contribution >= 4 is 16.5 Å². The quantitative estimate of drug-likeness (QED) is 0.918. The first-order chi connectivity index (χ1) is 10.3. The topological polar surface area (TPSA) is 28.2 Å². The van der Waals surface area contributed by atoms with Gasteiger partial charge in [0.1, 0.15) is 0 Å². The van der Waals surface area contributed by atoms with Gasteiger partial charge in [0.25, 0.3) is 0 Å². The van der Waals surface area contributed by atoms with Crippen LogP contribution in [0.1, 0.15) is 23.3 Å². The normalized spacial score (nSPS) is 16.3. The molecule has 0 radical (unpaired) electrons. The summed E-state index contributed by atoms with van der Waals surface area (Å²) in [6.45, 7) is 3.20. The molecule has 1 aliphatic rings. The van der Waals surface area contributed by atoms with Crippen LogP contribution >= 0.6 is 11.3 Å². The van der Waals surface area contributed by atoms with Crippen molar-refractivity contribution in [1.82, 2.24) is 10.3 Å². The number of aromatic nitrogens is 1. The largest absolute Gasteiger partial charge is 0.348 e. The molecular weight excluding hydrogens is 278 g/mol. The SMILES string of the molecule is CNCc1cnc(N2CCC(Cc3ccccc3)CC2)s1. The fraction of sp³-hybridized carbons (Fsp3) is 0.471. The zero-order valence-electron chi connectivity index (χ0n) is 12.6. The highest BCUT2D eigenvalue weighted by molar-refractivity contribution is 7.15. The maximum absolute atomic E-state index is 4.57. The number of benzene rings is 1. The number of hydrogen-bond donors (Lipinski definition) is 1. The molecule has 1 fully saturated rings. The molecule has 4 heteroatoms. The molecule has 0 bridgehead atoms. The second-order valence-electron chi connectivity index (χ2n) is 5.76. The van der Waals surface area contributed by atoms with Crippen LogP contribution < -0.4 is 10.2 Å². The third-order valence-electron chi connectivity index (χ3n) is 4.14. The lowest BCUT2D eigenvalue weighted by molar-refractivity contribution is 0.403. The minimum absolute atomic E-state index is 0.820. The monoisotopic (exact) mass is 301 g/mol. The van der Waals surface area contributed by atoms with E-state index in [9.17, 15) is 0 Å². The zero-order chi connectivity index (χ0) is 14.5. The molecular formula is C17H23N3S. The first-order valence-corrected chi connectivity index (χ1v) is 8.55. The lowest BCUT2D eigenvalue weighted by atomic mass is 9.90. The van der Waals surface area contributed by atoms with Crippen LogP contribution in [-0.4, -0.2) is 25.1 Å². The van der Waals surface area contributed by atoms with Crippen LogP contribution in [0.3, 0.4) is 0 Å². The molecule has 0 saturated carbocycles. The number of rotatable bonds is 5. The summed E-state index contributed by atoms with van der Waals surface area (Å²) < 4.78 is 0. The Bertz CT molecular complexity index is 544. The molecule has 0 unspecified atom stereocenters. The van der Waals surface area contributed by atoms with Crippen molar-refractivity contribution in [2.45, 2.75) is 25.8 Å². The Morgan fingerprint density at radius 2 is 2.00 bits per heavy atom. The van der Waals surface area contributed by atoms with E-state index in [1.165, 1.54) is 34.8 Å². The molecule has 0 aliphatic carbocycles. The average molecular weight is 301 g/mol. The Kier molecular flexibility index (Phi) is 4.88. The average Bonchev–Trinajstić information content (AvgIpc) is 2.98. The van der Waals surface area contributed by atoms with Crippen molar-refractivity contribution in [3.8, 4) is 0 Å². The molecule has 2 heterocycles. The van der Waals surface area contributed by atoms with Gasteiger partial charge in [0.2, 0.25) is 0 Å². The molecule has 0 atom stereocenters. The summed E-state index contributed by atoms with van der Waals surface area (Å²) in [6, 6.07) is 10.9. The van der Waals surface area contributed by atoms with E-state index in [4.69, 9.17) is 0 Å². The van der Waals surface area contributed by atoms with Crippen molar-refractivity contribution in [2.24, 2.45) is 5.92 Å². The van der Waals surface area contributed by atoms with Gasteiger partial charge in [-0.2, -0.15) is 0 Å². The van der Waals surface area contributed by atoms with Crippen LogP contribution in [0.2, 0.25) is 0 Å². The zero-order valence-corrected chi connectivity index (χ0v) is 13.4. The minimum atomic E-state index is 0.820. The van der Waals surface area contributed by atoms with Gasteiger partial charge < -0.3 is 10.2 Å². The Balaban J connectivity index is 1.52. The van der Waals surface area contributed by atoms with E-state index in [0.29, 0.717) is 0 Å². The Morgan fingerprint density at radius 1 is 1.24 bits per heavy atom. The van der Waals surface area contributed by atoms with Crippen LogP contribution in [0.25, 0.3) is 0 Å². The van der Waals surface area contributed by atoms with Gasteiger partial charge in [-0.1, -0.05) is 30.3 Å². The predicted molar refractivity (Wildman–Crippen MR) is 90.0 cm³/mol. The van der Waals surface area contributed by atoms with Gasteiger partial charge in [-0.15, -0.1) is 11.3 Å². The minimum Gasteiger partial charge on any atom is -0.348 e. The highest BCUT2D eigenvalue weighted by Gasteiger charge is 2.21. The molecule has 3 rings (SSSR count). The first-order valence-electron chi connectivity index (χ1n) is 7.73. The number of anilines is 1. The van der Waals surface area contributed by atoms with Crippen molar-refractivity contribution in [3.63, 3.8) is 0 Å². The number of nitrogens with one attached hydrogen (secondary N) is 1. The van der Waals surface area contributed by atoms with Gasteiger partial charge >= 0.3 is 0 Å². The van der Waals surface area contributed by atoms with E-state index >= 15 is 0 Å². The number of piperidine rings is 1. The van der Waals surface area contributed by atoms with Crippen LogP contribution in [0, 0.1) is 5.92 Å². The van der Waals surface area contributed by atoms with Crippen LogP contribution in [0.4, 0.5) is 5.13 Å². The Hall–Kier alpha value is -1.39. The lowest BCUT2D eigenvalue weighted by Gasteiger charge is -2.31. The van der Waals surface area contributed by atoms with Crippen LogP contribution in [0.15, 0.2) is 36.5 Å². The van der Waals surface area contributed by atoms with Gasteiger partial charge in [0.05, 0.1) is 0 Å². The summed E-state index contributed by atoms with van der Waals surface area (Å²) in [5.74, 6) is 0.820. The lowest BCUT2D eigenvalue weighted by Crippen LogP contribution is -2.34. The molecule has 1 N–H and O–H groups in total. The second-order valence-corrected chi connectivity index (χ2v) is 6.85.